The van der Waals surface area contributed by atoms with Gasteiger partial charge < -0.3 is 9.47 Å². The third-order valence-electron chi connectivity index (χ3n) is 5.55. The van der Waals surface area contributed by atoms with E-state index >= 15 is 0 Å². The van der Waals surface area contributed by atoms with Crippen LogP contribution in [0.4, 0.5) is 0 Å². The van der Waals surface area contributed by atoms with Gasteiger partial charge in [-0.1, -0.05) is 60.7 Å². The highest BCUT2D eigenvalue weighted by Crippen LogP contribution is 2.36. The van der Waals surface area contributed by atoms with Crippen LogP contribution in [0.3, 0.4) is 0 Å². The maximum Gasteiger partial charge on any atom is 0.253 e. The Morgan fingerprint density at radius 3 is 1.97 bits per heavy atom. The van der Waals surface area contributed by atoms with E-state index in [-0.39, 0.29) is 5.91 Å². The Morgan fingerprint density at radius 2 is 1.34 bits per heavy atom. The number of aryl methyl sites for hydroxylation is 1. The molecule has 0 aliphatic heterocycles. The summed E-state index contributed by atoms with van der Waals surface area (Å²) in [6.45, 7) is 0. The van der Waals surface area contributed by atoms with Crippen molar-refractivity contribution < 1.29 is 4.79 Å². The minimum absolute atomic E-state index is 0.00135. The zero-order valence-corrected chi connectivity index (χ0v) is 16.7. The second-order valence-electron chi connectivity index (χ2n) is 7.56. The molecule has 4 heteroatoms. The van der Waals surface area contributed by atoms with Gasteiger partial charge in [0.2, 0.25) is 0 Å². The Kier molecular flexibility index (Phi) is 3.88. The van der Waals surface area contributed by atoms with Gasteiger partial charge in [0.1, 0.15) is 5.82 Å². The molecule has 0 bridgehead atoms. The first-order valence-electron chi connectivity index (χ1n) is 9.64. The molecule has 0 radical (unpaired) electrons. The molecule has 1 amide bonds. The summed E-state index contributed by atoms with van der Waals surface area (Å²) in [6.07, 6.45) is 0. The number of carbonyl (C=O) groups is 1. The summed E-state index contributed by atoms with van der Waals surface area (Å²) in [6, 6.07) is 24.6. The number of imidazole rings is 1. The maximum absolute atomic E-state index is 12.2. The second-order valence-corrected chi connectivity index (χ2v) is 7.56. The lowest BCUT2D eigenvalue weighted by atomic mass is 10.00. The van der Waals surface area contributed by atoms with E-state index in [0.29, 0.717) is 5.56 Å². The number of hydrogen-bond donors (Lipinski definition) is 0. The Bertz CT molecular complexity index is 1400. The zero-order valence-electron chi connectivity index (χ0n) is 16.7. The number of nitrogens with zero attached hydrogens (tertiary/aromatic N) is 3. The minimum atomic E-state index is -0.00135. The molecule has 0 aliphatic carbocycles. The summed E-state index contributed by atoms with van der Waals surface area (Å²) >= 11 is 0. The molecule has 142 valence electrons. The van der Waals surface area contributed by atoms with E-state index in [0.717, 1.165) is 27.8 Å². The number of hydrogen-bond acceptors (Lipinski definition) is 2. The SMILES string of the molecule is CN(C)C(=O)c1ccc(-c2nc3c4ccccc4c4ccccc4c3n2C)cc1. The molecule has 1 aromatic heterocycles. The fourth-order valence-electron chi connectivity index (χ4n) is 4.12. The molecule has 29 heavy (non-hydrogen) atoms. The predicted octanol–water partition coefficient (Wildman–Crippen LogP) is 5.25. The van der Waals surface area contributed by atoms with Gasteiger partial charge in [-0.25, -0.2) is 4.98 Å². The van der Waals surface area contributed by atoms with Crippen molar-refractivity contribution in [3.05, 3.63) is 78.4 Å². The van der Waals surface area contributed by atoms with Crippen molar-refractivity contribution in [2.24, 2.45) is 7.05 Å². The van der Waals surface area contributed by atoms with Crippen molar-refractivity contribution in [1.82, 2.24) is 14.5 Å². The van der Waals surface area contributed by atoms with Crippen LogP contribution in [0.1, 0.15) is 10.4 Å². The highest BCUT2D eigenvalue weighted by Gasteiger charge is 2.17. The van der Waals surface area contributed by atoms with Gasteiger partial charge in [-0.2, -0.15) is 0 Å². The summed E-state index contributed by atoms with van der Waals surface area (Å²) in [5.74, 6) is 0.892. The summed E-state index contributed by atoms with van der Waals surface area (Å²) in [7, 11) is 5.58. The van der Waals surface area contributed by atoms with Crippen LogP contribution in [0.2, 0.25) is 0 Å². The monoisotopic (exact) mass is 379 g/mol. The van der Waals surface area contributed by atoms with Crippen molar-refractivity contribution >= 4 is 38.5 Å². The van der Waals surface area contributed by atoms with Gasteiger partial charge in [0.05, 0.1) is 11.0 Å². The van der Waals surface area contributed by atoms with E-state index in [1.54, 1.807) is 19.0 Å². The van der Waals surface area contributed by atoms with Crippen molar-refractivity contribution in [2.45, 2.75) is 0 Å². The molecule has 0 aliphatic rings. The minimum Gasteiger partial charge on any atom is -0.345 e. The number of rotatable bonds is 2. The van der Waals surface area contributed by atoms with E-state index in [1.807, 2.05) is 24.3 Å². The lowest BCUT2D eigenvalue weighted by molar-refractivity contribution is 0.0827. The van der Waals surface area contributed by atoms with E-state index < -0.39 is 0 Å². The summed E-state index contributed by atoms with van der Waals surface area (Å²) in [4.78, 5) is 18.8. The molecular weight excluding hydrogens is 358 g/mol. The molecular formula is C25H21N3O. The van der Waals surface area contributed by atoms with E-state index in [2.05, 4.69) is 60.1 Å². The van der Waals surface area contributed by atoms with Crippen LogP contribution in [0.15, 0.2) is 72.8 Å². The molecule has 1 heterocycles. The fourth-order valence-corrected chi connectivity index (χ4v) is 4.12. The van der Waals surface area contributed by atoms with Crippen LogP contribution in [0.5, 0.6) is 0 Å². The van der Waals surface area contributed by atoms with E-state index in [1.165, 1.54) is 16.2 Å². The van der Waals surface area contributed by atoms with E-state index in [9.17, 15) is 4.79 Å². The van der Waals surface area contributed by atoms with Crippen LogP contribution in [0.25, 0.3) is 44.0 Å². The van der Waals surface area contributed by atoms with Crippen molar-refractivity contribution in [3.8, 4) is 11.4 Å². The zero-order chi connectivity index (χ0) is 20.1. The van der Waals surface area contributed by atoms with Gasteiger partial charge in [-0.3, -0.25) is 4.79 Å². The molecule has 0 saturated carbocycles. The molecule has 5 rings (SSSR count). The van der Waals surface area contributed by atoms with E-state index in [4.69, 9.17) is 4.98 Å². The topological polar surface area (TPSA) is 38.1 Å². The number of carbonyl (C=O) groups excluding carboxylic acids is 1. The number of aromatic nitrogens is 2. The van der Waals surface area contributed by atoms with Gasteiger partial charge in [0.25, 0.3) is 5.91 Å². The summed E-state index contributed by atoms with van der Waals surface area (Å²) < 4.78 is 2.16. The lowest BCUT2D eigenvalue weighted by Gasteiger charge is -2.10. The Hall–Kier alpha value is -3.66. The maximum atomic E-state index is 12.2. The van der Waals surface area contributed by atoms with Gasteiger partial charge in [0, 0.05) is 43.0 Å². The van der Waals surface area contributed by atoms with Gasteiger partial charge in [-0.15, -0.1) is 0 Å². The Labute approximate surface area is 169 Å². The average molecular weight is 379 g/mol. The molecule has 0 N–H and O–H groups in total. The molecule has 0 saturated heterocycles. The number of fused-ring (bicyclic) bond motifs is 6. The van der Waals surface area contributed by atoms with Crippen LogP contribution < -0.4 is 0 Å². The quantitative estimate of drug-likeness (QED) is 0.393. The summed E-state index contributed by atoms with van der Waals surface area (Å²) in [5, 5.41) is 4.80. The van der Waals surface area contributed by atoms with Crippen LogP contribution in [0, 0.1) is 0 Å². The average Bonchev–Trinajstić information content (AvgIpc) is 3.11. The third-order valence-corrected chi connectivity index (χ3v) is 5.55. The van der Waals surface area contributed by atoms with Crippen molar-refractivity contribution in [2.75, 3.05) is 14.1 Å². The first-order chi connectivity index (χ1) is 14.1. The Balaban J connectivity index is 1.79. The van der Waals surface area contributed by atoms with Gasteiger partial charge >= 0.3 is 0 Å². The van der Waals surface area contributed by atoms with Gasteiger partial charge in [-0.05, 0) is 22.9 Å². The summed E-state index contributed by atoms with van der Waals surface area (Å²) in [5.41, 5.74) is 3.80. The highest BCUT2D eigenvalue weighted by atomic mass is 16.2. The lowest BCUT2D eigenvalue weighted by Crippen LogP contribution is -2.21. The first-order valence-corrected chi connectivity index (χ1v) is 9.64. The molecule has 5 aromatic rings. The largest absolute Gasteiger partial charge is 0.345 e. The predicted molar refractivity (Wildman–Crippen MR) is 119 cm³/mol. The molecule has 0 fully saturated rings. The molecule has 0 atom stereocenters. The standard InChI is InChI=1S/C25H21N3O/c1-27(2)25(29)17-14-12-16(13-15-17)24-26-22-20-10-6-4-8-18(20)19-9-5-7-11-21(19)23(22)28(24)3/h4-15H,1-3H3. The third kappa shape index (κ3) is 2.60. The van der Waals surface area contributed by atoms with Crippen LogP contribution in [-0.4, -0.2) is 34.5 Å². The fraction of sp³-hybridized carbons (Fsp3) is 0.120. The highest BCUT2D eigenvalue weighted by molar-refractivity contribution is 6.23. The molecule has 4 aromatic carbocycles. The van der Waals surface area contributed by atoms with Crippen molar-refractivity contribution in [3.63, 3.8) is 0 Å². The molecule has 4 nitrogen and oxygen atoms in total. The number of benzene rings is 4. The van der Waals surface area contributed by atoms with Crippen molar-refractivity contribution in [1.29, 1.82) is 0 Å². The Morgan fingerprint density at radius 1 is 0.793 bits per heavy atom. The van der Waals surface area contributed by atoms with Gasteiger partial charge in [0.15, 0.2) is 0 Å². The number of amides is 1. The molecule has 0 spiro atoms. The molecule has 0 unspecified atom stereocenters. The van der Waals surface area contributed by atoms with Crippen LogP contribution >= 0.6 is 0 Å². The van der Waals surface area contributed by atoms with Crippen LogP contribution in [-0.2, 0) is 7.05 Å². The second kappa shape index (κ2) is 6.45. The smallest absolute Gasteiger partial charge is 0.253 e. The first kappa shape index (κ1) is 17.4. The normalized spacial score (nSPS) is 11.4.